The van der Waals surface area contributed by atoms with Crippen LogP contribution in [-0.2, 0) is 11.2 Å². The van der Waals surface area contributed by atoms with Gasteiger partial charge in [-0.15, -0.1) is 0 Å². The highest BCUT2D eigenvalue weighted by Crippen LogP contribution is 2.20. The molecule has 0 bridgehead atoms. The summed E-state index contributed by atoms with van der Waals surface area (Å²) in [5.74, 6) is 0.976. The molecule has 2 N–H and O–H groups in total. The number of aryl methyl sites for hydroxylation is 1. The molecule has 7 heteroatoms. The molecule has 0 saturated carbocycles. The largest absolute Gasteiger partial charge is 0.356 e. The zero-order valence-electron chi connectivity index (χ0n) is 14.2. The minimum Gasteiger partial charge on any atom is -0.356 e. The number of fused-ring (bicyclic) bond motifs is 1. The maximum atomic E-state index is 12.4. The first-order valence-electron chi connectivity index (χ1n) is 8.58. The van der Waals surface area contributed by atoms with Gasteiger partial charge in [0.25, 0.3) is 0 Å². The van der Waals surface area contributed by atoms with E-state index in [0.29, 0.717) is 11.3 Å². The number of hydrogen-bond acceptors (Lipinski definition) is 5. The minimum atomic E-state index is -0.00637. The Balaban J connectivity index is 1.32. The molecule has 4 rings (SSSR count). The molecule has 1 aromatic carbocycles. The van der Waals surface area contributed by atoms with Gasteiger partial charge in [-0.25, -0.2) is 0 Å². The van der Waals surface area contributed by atoms with Crippen LogP contribution in [0, 0.1) is 6.92 Å². The van der Waals surface area contributed by atoms with Crippen molar-refractivity contribution in [3.63, 3.8) is 0 Å². The van der Waals surface area contributed by atoms with E-state index in [1.165, 1.54) is 0 Å². The Hall–Kier alpha value is -2.83. The van der Waals surface area contributed by atoms with Crippen LogP contribution in [0.1, 0.15) is 24.2 Å². The molecule has 0 radical (unpaired) electrons. The van der Waals surface area contributed by atoms with E-state index in [2.05, 4.69) is 31.6 Å². The lowest BCUT2D eigenvalue weighted by Crippen LogP contribution is -2.45. The first-order valence-corrected chi connectivity index (χ1v) is 8.58. The van der Waals surface area contributed by atoms with Crippen LogP contribution in [0.2, 0.25) is 0 Å². The Kier molecular flexibility index (Phi) is 4.13. The molecule has 0 spiro atoms. The summed E-state index contributed by atoms with van der Waals surface area (Å²) in [4.78, 5) is 14.6. The van der Waals surface area contributed by atoms with Crippen molar-refractivity contribution in [1.82, 2.24) is 20.7 Å². The quantitative estimate of drug-likeness (QED) is 0.761. The first kappa shape index (κ1) is 15.7. The number of H-pyrrole nitrogens is 1. The second-order valence-electron chi connectivity index (χ2n) is 6.54. The summed E-state index contributed by atoms with van der Waals surface area (Å²) < 4.78 is 5.26. The zero-order chi connectivity index (χ0) is 17.2. The number of aromatic amines is 1. The standard InChI is InChI=1S/C18H21N5O2/c1-12-10-17(21-20-12)23-8-6-13(7-9-23)19-18(24)11-15-14-4-2-3-5-16(14)25-22-15/h2-5,10,13H,6-9,11H2,1H3,(H,19,24)(H,20,21). The van der Waals surface area contributed by atoms with Crippen molar-refractivity contribution >= 4 is 22.7 Å². The number of amides is 1. The number of hydrogen-bond donors (Lipinski definition) is 2. The maximum absolute atomic E-state index is 12.4. The van der Waals surface area contributed by atoms with E-state index in [-0.39, 0.29) is 18.4 Å². The summed E-state index contributed by atoms with van der Waals surface area (Å²) in [7, 11) is 0. The number of nitrogens with zero attached hydrogens (tertiary/aromatic N) is 3. The van der Waals surface area contributed by atoms with E-state index >= 15 is 0 Å². The van der Waals surface area contributed by atoms with Crippen LogP contribution in [0.25, 0.3) is 11.0 Å². The first-order chi connectivity index (χ1) is 12.2. The van der Waals surface area contributed by atoms with Crippen LogP contribution in [-0.4, -0.2) is 40.4 Å². The topological polar surface area (TPSA) is 87.1 Å². The van der Waals surface area contributed by atoms with Gasteiger partial charge in [0.1, 0.15) is 5.69 Å². The predicted octanol–water partition coefficient (Wildman–Crippen LogP) is 2.19. The number of nitrogens with one attached hydrogen (secondary N) is 2. The van der Waals surface area contributed by atoms with Crippen LogP contribution >= 0.6 is 0 Å². The predicted molar refractivity (Wildman–Crippen MR) is 94.4 cm³/mol. The van der Waals surface area contributed by atoms with E-state index in [9.17, 15) is 4.79 Å². The van der Waals surface area contributed by atoms with Crippen molar-refractivity contribution in [3.8, 4) is 0 Å². The molecule has 0 atom stereocenters. The Morgan fingerprint density at radius 1 is 1.36 bits per heavy atom. The maximum Gasteiger partial charge on any atom is 0.226 e. The molecule has 0 unspecified atom stereocenters. The van der Waals surface area contributed by atoms with Crippen molar-refractivity contribution in [2.24, 2.45) is 0 Å². The summed E-state index contributed by atoms with van der Waals surface area (Å²) in [5.41, 5.74) is 2.47. The molecule has 2 aromatic heterocycles. The third-order valence-electron chi connectivity index (χ3n) is 4.66. The van der Waals surface area contributed by atoms with Crippen LogP contribution in [0.5, 0.6) is 0 Å². The van der Waals surface area contributed by atoms with Gasteiger partial charge in [-0.05, 0) is 31.9 Å². The Bertz CT molecular complexity index is 876. The van der Waals surface area contributed by atoms with Gasteiger partial charge >= 0.3 is 0 Å². The third-order valence-corrected chi connectivity index (χ3v) is 4.66. The van der Waals surface area contributed by atoms with Gasteiger partial charge in [-0.1, -0.05) is 17.3 Å². The molecule has 1 aliphatic heterocycles. The fourth-order valence-electron chi connectivity index (χ4n) is 3.31. The number of carbonyl (C=O) groups excluding carboxylic acids is 1. The van der Waals surface area contributed by atoms with Crippen molar-refractivity contribution < 1.29 is 9.32 Å². The Morgan fingerprint density at radius 2 is 2.16 bits per heavy atom. The number of anilines is 1. The molecule has 1 saturated heterocycles. The number of benzene rings is 1. The molecular weight excluding hydrogens is 318 g/mol. The van der Waals surface area contributed by atoms with E-state index in [0.717, 1.165) is 42.8 Å². The van der Waals surface area contributed by atoms with Gasteiger partial charge < -0.3 is 14.7 Å². The second-order valence-corrected chi connectivity index (χ2v) is 6.54. The number of rotatable bonds is 4. The number of aromatic nitrogens is 3. The summed E-state index contributed by atoms with van der Waals surface area (Å²) in [6.07, 6.45) is 2.07. The minimum absolute atomic E-state index is 0.00637. The zero-order valence-corrected chi connectivity index (χ0v) is 14.2. The lowest BCUT2D eigenvalue weighted by atomic mass is 10.0. The normalized spacial score (nSPS) is 15.6. The number of para-hydroxylation sites is 1. The molecule has 25 heavy (non-hydrogen) atoms. The van der Waals surface area contributed by atoms with E-state index < -0.39 is 0 Å². The number of piperidine rings is 1. The van der Waals surface area contributed by atoms with Crippen molar-refractivity contribution in [1.29, 1.82) is 0 Å². The fourth-order valence-corrected chi connectivity index (χ4v) is 3.31. The van der Waals surface area contributed by atoms with Gasteiger partial charge in [0.15, 0.2) is 11.4 Å². The molecule has 0 aliphatic carbocycles. The molecule has 1 amide bonds. The lowest BCUT2D eigenvalue weighted by molar-refractivity contribution is -0.121. The molecule has 3 aromatic rings. The lowest BCUT2D eigenvalue weighted by Gasteiger charge is -2.32. The third kappa shape index (κ3) is 3.35. The molecule has 7 nitrogen and oxygen atoms in total. The monoisotopic (exact) mass is 339 g/mol. The highest BCUT2D eigenvalue weighted by Gasteiger charge is 2.22. The van der Waals surface area contributed by atoms with Crippen LogP contribution in [0.4, 0.5) is 5.82 Å². The molecule has 3 heterocycles. The fraction of sp³-hybridized carbons (Fsp3) is 0.389. The smallest absolute Gasteiger partial charge is 0.226 e. The average Bonchev–Trinajstić information content (AvgIpc) is 3.22. The number of carbonyl (C=O) groups is 1. The van der Waals surface area contributed by atoms with Crippen molar-refractivity contribution in [3.05, 3.63) is 41.7 Å². The van der Waals surface area contributed by atoms with E-state index in [4.69, 9.17) is 4.52 Å². The van der Waals surface area contributed by atoms with Crippen LogP contribution in [0.15, 0.2) is 34.9 Å². The van der Waals surface area contributed by atoms with Crippen molar-refractivity contribution in [2.75, 3.05) is 18.0 Å². The highest BCUT2D eigenvalue weighted by molar-refractivity contribution is 5.86. The second kappa shape index (κ2) is 6.58. The summed E-state index contributed by atoms with van der Waals surface area (Å²) in [6, 6.07) is 9.85. The summed E-state index contributed by atoms with van der Waals surface area (Å²) in [5, 5.41) is 15.3. The van der Waals surface area contributed by atoms with E-state index in [1.54, 1.807) is 0 Å². The molecule has 130 valence electrons. The van der Waals surface area contributed by atoms with Gasteiger partial charge in [0.2, 0.25) is 5.91 Å². The SMILES string of the molecule is Cc1cc(N2CCC(NC(=O)Cc3noc4ccccc34)CC2)n[nH]1. The van der Waals surface area contributed by atoms with Gasteiger partial charge in [0.05, 0.1) is 6.42 Å². The Labute approximate surface area is 145 Å². The van der Waals surface area contributed by atoms with Gasteiger partial charge in [-0.2, -0.15) is 5.10 Å². The van der Waals surface area contributed by atoms with Crippen molar-refractivity contribution in [2.45, 2.75) is 32.2 Å². The van der Waals surface area contributed by atoms with Crippen LogP contribution < -0.4 is 10.2 Å². The highest BCUT2D eigenvalue weighted by atomic mass is 16.5. The van der Waals surface area contributed by atoms with Gasteiger partial charge in [-0.3, -0.25) is 9.89 Å². The van der Waals surface area contributed by atoms with E-state index in [1.807, 2.05) is 31.2 Å². The molecule has 1 fully saturated rings. The summed E-state index contributed by atoms with van der Waals surface area (Å²) in [6.45, 7) is 3.78. The summed E-state index contributed by atoms with van der Waals surface area (Å²) >= 11 is 0. The average molecular weight is 339 g/mol. The van der Waals surface area contributed by atoms with Crippen LogP contribution in [0.3, 0.4) is 0 Å². The molecule has 1 aliphatic rings. The van der Waals surface area contributed by atoms with Gasteiger partial charge in [0, 0.05) is 36.3 Å². The molecular formula is C18H21N5O2. The Morgan fingerprint density at radius 3 is 2.92 bits per heavy atom.